The number of hydrogen-bond acceptors (Lipinski definition) is 4. The first-order chi connectivity index (χ1) is 14.7. The highest BCUT2D eigenvalue weighted by Crippen LogP contribution is 2.20. The van der Waals surface area contributed by atoms with Crippen molar-refractivity contribution in [3.05, 3.63) is 75.4 Å². The van der Waals surface area contributed by atoms with Crippen LogP contribution in [0.1, 0.15) is 6.42 Å². The number of anilines is 1. The Labute approximate surface area is 173 Å². The number of aromatic nitrogens is 3. The highest BCUT2D eigenvalue weighted by atomic mass is 16.2. The summed E-state index contributed by atoms with van der Waals surface area (Å²) in [5, 5.41) is 0.866. The molecule has 5 rings (SSSR count). The molecule has 0 spiro atoms. The Morgan fingerprint density at radius 3 is 2.30 bits per heavy atom. The van der Waals surface area contributed by atoms with Crippen molar-refractivity contribution in [1.29, 1.82) is 0 Å². The van der Waals surface area contributed by atoms with Crippen molar-refractivity contribution < 1.29 is 0 Å². The number of nitrogens with zero attached hydrogens (tertiary/aromatic N) is 3. The summed E-state index contributed by atoms with van der Waals surface area (Å²) in [5.41, 5.74) is 2.59. The lowest BCUT2D eigenvalue weighted by atomic mass is 10.2. The third kappa shape index (κ3) is 3.41. The number of aromatic amines is 2. The van der Waals surface area contributed by atoms with Gasteiger partial charge in [-0.1, -0.05) is 36.4 Å². The molecule has 0 unspecified atom stereocenters. The molecule has 7 heteroatoms. The fourth-order valence-corrected chi connectivity index (χ4v) is 4.36. The third-order valence-corrected chi connectivity index (χ3v) is 5.99. The Balaban J connectivity index is 1.24. The van der Waals surface area contributed by atoms with Crippen LogP contribution in [0.2, 0.25) is 0 Å². The van der Waals surface area contributed by atoms with Gasteiger partial charge >= 0.3 is 5.69 Å². The van der Waals surface area contributed by atoms with Gasteiger partial charge in [-0.25, -0.2) is 4.79 Å². The van der Waals surface area contributed by atoms with Crippen LogP contribution in [0.3, 0.4) is 0 Å². The molecule has 0 radical (unpaired) electrons. The highest BCUT2D eigenvalue weighted by Gasteiger charge is 2.17. The monoisotopic (exact) mass is 403 g/mol. The Morgan fingerprint density at radius 1 is 0.767 bits per heavy atom. The topological polar surface area (TPSA) is 77.1 Å². The van der Waals surface area contributed by atoms with E-state index in [1.807, 2.05) is 30.3 Å². The maximum atomic E-state index is 12.9. The largest absolute Gasteiger partial charge is 0.369 e. The van der Waals surface area contributed by atoms with E-state index >= 15 is 0 Å². The highest BCUT2D eigenvalue weighted by molar-refractivity contribution is 6.04. The normalized spacial score (nSPS) is 15.3. The molecule has 0 amide bonds. The molecule has 1 fully saturated rings. The van der Waals surface area contributed by atoms with Crippen LogP contribution >= 0.6 is 0 Å². The molecule has 7 nitrogen and oxygen atoms in total. The van der Waals surface area contributed by atoms with Gasteiger partial charge in [0.1, 0.15) is 5.52 Å². The molecule has 154 valence electrons. The Kier molecular flexibility index (Phi) is 4.88. The average molecular weight is 403 g/mol. The van der Waals surface area contributed by atoms with Crippen molar-refractivity contribution in [2.75, 3.05) is 37.6 Å². The van der Waals surface area contributed by atoms with E-state index in [4.69, 9.17) is 0 Å². The van der Waals surface area contributed by atoms with Gasteiger partial charge in [-0.15, -0.1) is 0 Å². The number of benzene rings is 2. The number of para-hydroxylation sites is 2. The quantitative estimate of drug-likeness (QED) is 0.536. The van der Waals surface area contributed by atoms with E-state index < -0.39 is 0 Å². The van der Waals surface area contributed by atoms with E-state index in [9.17, 15) is 9.59 Å². The Morgan fingerprint density at radius 2 is 1.50 bits per heavy atom. The summed E-state index contributed by atoms with van der Waals surface area (Å²) in [4.78, 5) is 36.3. The van der Waals surface area contributed by atoms with Gasteiger partial charge in [0.2, 0.25) is 0 Å². The lowest BCUT2D eigenvalue weighted by molar-refractivity contribution is 0.249. The lowest BCUT2D eigenvalue weighted by Crippen LogP contribution is -2.47. The van der Waals surface area contributed by atoms with Gasteiger partial charge in [0.05, 0.1) is 5.52 Å². The summed E-state index contributed by atoms with van der Waals surface area (Å²) < 4.78 is 1.32. The van der Waals surface area contributed by atoms with Crippen LogP contribution in [0.15, 0.2) is 64.2 Å². The molecule has 0 saturated carbocycles. The number of piperazine rings is 1. The Bertz CT molecular complexity index is 1280. The maximum Gasteiger partial charge on any atom is 0.328 e. The number of nitrogens with one attached hydrogen (secondary N) is 2. The SMILES string of the molecule is O=c1[nH]c2c([nH]c3ccccc32)c(=O)n1CCCN1CCN(c2ccccc2)CC1. The van der Waals surface area contributed by atoms with Gasteiger partial charge in [-0.2, -0.15) is 0 Å². The van der Waals surface area contributed by atoms with E-state index in [1.54, 1.807) is 0 Å². The number of H-pyrrole nitrogens is 2. The third-order valence-electron chi connectivity index (χ3n) is 5.99. The van der Waals surface area contributed by atoms with Crippen LogP contribution in [-0.2, 0) is 6.54 Å². The first kappa shape index (κ1) is 18.7. The summed E-state index contributed by atoms with van der Waals surface area (Å²) in [7, 11) is 0. The van der Waals surface area contributed by atoms with Crippen molar-refractivity contribution in [3.63, 3.8) is 0 Å². The second kappa shape index (κ2) is 7.84. The van der Waals surface area contributed by atoms with E-state index in [-0.39, 0.29) is 11.2 Å². The van der Waals surface area contributed by atoms with Crippen molar-refractivity contribution in [3.8, 4) is 0 Å². The molecule has 1 saturated heterocycles. The molecule has 2 N–H and O–H groups in total. The maximum absolute atomic E-state index is 12.9. The molecular formula is C23H25N5O2. The zero-order valence-corrected chi connectivity index (χ0v) is 16.8. The van der Waals surface area contributed by atoms with Crippen LogP contribution in [0.4, 0.5) is 5.69 Å². The first-order valence-electron chi connectivity index (χ1n) is 10.5. The molecule has 1 aliphatic rings. The minimum Gasteiger partial charge on any atom is -0.369 e. The molecular weight excluding hydrogens is 378 g/mol. The molecule has 0 atom stereocenters. The van der Waals surface area contributed by atoms with E-state index in [1.165, 1.54) is 10.3 Å². The van der Waals surface area contributed by atoms with E-state index in [0.29, 0.717) is 17.6 Å². The van der Waals surface area contributed by atoms with Crippen LogP contribution in [0.5, 0.6) is 0 Å². The average Bonchev–Trinajstić information content (AvgIpc) is 3.16. The zero-order chi connectivity index (χ0) is 20.5. The van der Waals surface area contributed by atoms with Gasteiger partial charge < -0.3 is 14.9 Å². The molecule has 0 bridgehead atoms. The second-order valence-corrected chi connectivity index (χ2v) is 7.83. The minimum absolute atomic E-state index is 0.251. The molecule has 1 aliphatic heterocycles. The fraction of sp³-hybridized carbons (Fsp3) is 0.304. The summed E-state index contributed by atoms with van der Waals surface area (Å²) >= 11 is 0. The molecule has 2 aromatic carbocycles. The standard InChI is InChI=1S/C23H25N5O2/c29-22-21-20(18-9-4-5-10-19(18)24-21)25-23(30)28(22)12-6-11-26-13-15-27(16-14-26)17-7-2-1-3-8-17/h1-5,7-10,24H,6,11-16H2,(H,25,30). The van der Waals surface area contributed by atoms with Crippen LogP contribution in [0, 0.1) is 0 Å². The van der Waals surface area contributed by atoms with E-state index in [0.717, 1.165) is 50.0 Å². The zero-order valence-electron chi connectivity index (χ0n) is 16.8. The first-order valence-corrected chi connectivity index (χ1v) is 10.5. The predicted octanol–water partition coefficient (Wildman–Crippen LogP) is 2.38. The number of hydrogen-bond donors (Lipinski definition) is 2. The van der Waals surface area contributed by atoms with Crippen LogP contribution in [0.25, 0.3) is 21.9 Å². The van der Waals surface area contributed by atoms with Crippen molar-refractivity contribution >= 4 is 27.6 Å². The lowest BCUT2D eigenvalue weighted by Gasteiger charge is -2.36. The predicted molar refractivity (Wildman–Crippen MR) is 120 cm³/mol. The number of fused-ring (bicyclic) bond motifs is 3. The van der Waals surface area contributed by atoms with Gasteiger partial charge in [-0.05, 0) is 31.2 Å². The van der Waals surface area contributed by atoms with Crippen LogP contribution in [-0.4, -0.2) is 52.2 Å². The van der Waals surface area contributed by atoms with Crippen molar-refractivity contribution in [2.24, 2.45) is 0 Å². The van der Waals surface area contributed by atoms with Gasteiger partial charge in [0.25, 0.3) is 5.56 Å². The molecule has 2 aromatic heterocycles. The smallest absolute Gasteiger partial charge is 0.328 e. The van der Waals surface area contributed by atoms with Gasteiger partial charge in [0.15, 0.2) is 0 Å². The second-order valence-electron chi connectivity index (χ2n) is 7.83. The van der Waals surface area contributed by atoms with Crippen molar-refractivity contribution in [2.45, 2.75) is 13.0 Å². The van der Waals surface area contributed by atoms with Crippen molar-refractivity contribution in [1.82, 2.24) is 19.4 Å². The molecule has 0 aliphatic carbocycles. The summed E-state index contributed by atoms with van der Waals surface area (Å²) in [5.74, 6) is 0. The van der Waals surface area contributed by atoms with E-state index in [2.05, 4.69) is 44.0 Å². The summed E-state index contributed by atoms with van der Waals surface area (Å²) in [6.07, 6.45) is 0.764. The summed E-state index contributed by atoms with van der Waals surface area (Å²) in [6.45, 7) is 5.25. The van der Waals surface area contributed by atoms with Crippen LogP contribution < -0.4 is 16.1 Å². The molecule has 30 heavy (non-hydrogen) atoms. The van der Waals surface area contributed by atoms with Gasteiger partial charge in [0, 0.05) is 49.3 Å². The minimum atomic E-state index is -0.342. The van der Waals surface area contributed by atoms with Gasteiger partial charge in [-0.3, -0.25) is 14.3 Å². The Hall–Kier alpha value is -3.32. The molecule has 4 aromatic rings. The number of rotatable bonds is 5. The molecule has 3 heterocycles. The summed E-state index contributed by atoms with van der Waals surface area (Å²) in [6, 6.07) is 18.1. The fourth-order valence-electron chi connectivity index (χ4n) is 4.36.